The van der Waals surface area contributed by atoms with Gasteiger partial charge in [-0.15, -0.1) is 0 Å². The number of anilines is 2. The van der Waals surface area contributed by atoms with Crippen molar-refractivity contribution in [1.29, 1.82) is 0 Å². The van der Waals surface area contributed by atoms with Crippen LogP contribution in [0.5, 0.6) is 0 Å². The van der Waals surface area contributed by atoms with Crippen LogP contribution in [0, 0.1) is 13.8 Å². The molecule has 4 heteroatoms. The Bertz CT molecular complexity index is 613. The molecule has 0 aliphatic carbocycles. The standard InChI is InChI=1S/C18H25N3S/c1-13-5-3-8-18(14(13)2)21-10-15-6-4-7-17(9-15)20-11-16(19)12-22/h3-9,16,20-22H,10-12,19H2,1-2H3/t16-/m1/s1. The SMILES string of the molecule is Cc1cccc(NCc2cccc(NC[C@@H](N)CS)c2)c1C. The van der Waals surface area contributed by atoms with Gasteiger partial charge in [0.05, 0.1) is 0 Å². The van der Waals surface area contributed by atoms with E-state index in [-0.39, 0.29) is 6.04 Å². The van der Waals surface area contributed by atoms with Crippen LogP contribution >= 0.6 is 12.6 Å². The van der Waals surface area contributed by atoms with Crippen molar-refractivity contribution in [3.8, 4) is 0 Å². The van der Waals surface area contributed by atoms with Crippen molar-refractivity contribution in [2.24, 2.45) is 5.73 Å². The summed E-state index contributed by atoms with van der Waals surface area (Å²) in [5, 5.41) is 6.86. The third-order valence-electron chi connectivity index (χ3n) is 3.82. The molecule has 3 nitrogen and oxygen atoms in total. The van der Waals surface area contributed by atoms with Crippen molar-refractivity contribution in [2.45, 2.75) is 26.4 Å². The summed E-state index contributed by atoms with van der Waals surface area (Å²) in [4.78, 5) is 0. The van der Waals surface area contributed by atoms with Crippen LogP contribution in [-0.2, 0) is 6.54 Å². The number of rotatable bonds is 7. The van der Waals surface area contributed by atoms with Crippen LogP contribution in [0.4, 0.5) is 11.4 Å². The third kappa shape index (κ3) is 4.68. The highest BCUT2D eigenvalue weighted by molar-refractivity contribution is 7.80. The number of nitrogens with two attached hydrogens (primary N) is 1. The van der Waals surface area contributed by atoms with E-state index in [1.807, 2.05) is 0 Å². The summed E-state index contributed by atoms with van der Waals surface area (Å²) in [5.74, 6) is 0.681. The molecule has 2 aromatic rings. The lowest BCUT2D eigenvalue weighted by Crippen LogP contribution is -2.30. The van der Waals surface area contributed by atoms with Gasteiger partial charge >= 0.3 is 0 Å². The molecule has 0 radical (unpaired) electrons. The molecule has 0 bridgehead atoms. The Labute approximate surface area is 138 Å². The second-order valence-electron chi connectivity index (χ2n) is 5.62. The zero-order valence-corrected chi connectivity index (χ0v) is 14.2. The van der Waals surface area contributed by atoms with Crippen LogP contribution in [0.15, 0.2) is 42.5 Å². The second-order valence-corrected chi connectivity index (χ2v) is 5.99. The van der Waals surface area contributed by atoms with Crippen LogP contribution in [0.25, 0.3) is 0 Å². The first kappa shape index (κ1) is 16.7. The molecule has 0 fully saturated rings. The Morgan fingerprint density at radius 3 is 2.64 bits per heavy atom. The highest BCUT2D eigenvalue weighted by atomic mass is 32.1. The summed E-state index contributed by atoms with van der Waals surface area (Å²) in [5.41, 5.74) is 12.0. The van der Waals surface area contributed by atoms with E-state index < -0.39 is 0 Å². The fourth-order valence-electron chi connectivity index (χ4n) is 2.24. The molecule has 1 atom stereocenters. The van der Waals surface area contributed by atoms with E-state index in [1.165, 1.54) is 22.4 Å². The largest absolute Gasteiger partial charge is 0.383 e. The Morgan fingerprint density at radius 2 is 1.86 bits per heavy atom. The Balaban J connectivity index is 1.97. The van der Waals surface area contributed by atoms with E-state index in [2.05, 4.69) is 79.6 Å². The minimum Gasteiger partial charge on any atom is -0.383 e. The minimum atomic E-state index is 0.0695. The molecule has 2 rings (SSSR count). The van der Waals surface area contributed by atoms with Gasteiger partial charge in [0.15, 0.2) is 0 Å². The Kier molecular flexibility index (Phi) is 6.16. The van der Waals surface area contributed by atoms with Gasteiger partial charge in [0, 0.05) is 36.3 Å². The second kappa shape index (κ2) is 8.11. The monoisotopic (exact) mass is 315 g/mol. The van der Waals surface area contributed by atoms with Gasteiger partial charge in [0.2, 0.25) is 0 Å². The van der Waals surface area contributed by atoms with Crippen LogP contribution in [-0.4, -0.2) is 18.3 Å². The van der Waals surface area contributed by atoms with E-state index in [0.717, 1.165) is 18.8 Å². The molecule has 0 aliphatic rings. The summed E-state index contributed by atoms with van der Waals surface area (Å²) < 4.78 is 0. The number of thiol groups is 1. The summed E-state index contributed by atoms with van der Waals surface area (Å²) in [6, 6.07) is 14.8. The predicted molar refractivity (Wildman–Crippen MR) is 100 cm³/mol. The maximum atomic E-state index is 5.87. The molecular weight excluding hydrogens is 290 g/mol. The fourth-order valence-corrected chi connectivity index (χ4v) is 2.37. The number of nitrogens with one attached hydrogen (secondary N) is 2. The summed E-state index contributed by atoms with van der Waals surface area (Å²) in [6.07, 6.45) is 0. The maximum absolute atomic E-state index is 5.87. The van der Waals surface area contributed by atoms with Gasteiger partial charge in [0.1, 0.15) is 0 Å². The molecule has 118 valence electrons. The lowest BCUT2D eigenvalue weighted by molar-refractivity contribution is 0.793. The fraction of sp³-hybridized carbons (Fsp3) is 0.333. The molecule has 0 amide bonds. The molecule has 0 saturated heterocycles. The number of hydrogen-bond donors (Lipinski definition) is 4. The van der Waals surface area contributed by atoms with Crippen molar-refractivity contribution in [3.05, 3.63) is 59.2 Å². The highest BCUT2D eigenvalue weighted by Gasteiger charge is 2.02. The number of hydrogen-bond acceptors (Lipinski definition) is 4. The maximum Gasteiger partial charge on any atom is 0.0401 e. The lowest BCUT2D eigenvalue weighted by atomic mass is 10.1. The van der Waals surface area contributed by atoms with Crippen LogP contribution in [0.1, 0.15) is 16.7 Å². The first-order chi connectivity index (χ1) is 10.6. The number of benzene rings is 2. The van der Waals surface area contributed by atoms with E-state index in [4.69, 9.17) is 5.73 Å². The van der Waals surface area contributed by atoms with Gasteiger partial charge in [-0.05, 0) is 48.7 Å². The van der Waals surface area contributed by atoms with Crippen molar-refractivity contribution in [3.63, 3.8) is 0 Å². The van der Waals surface area contributed by atoms with Gasteiger partial charge < -0.3 is 16.4 Å². The normalized spacial score (nSPS) is 12.0. The molecule has 22 heavy (non-hydrogen) atoms. The molecule has 0 spiro atoms. The van der Waals surface area contributed by atoms with E-state index in [1.54, 1.807) is 0 Å². The van der Waals surface area contributed by atoms with Crippen LogP contribution in [0.2, 0.25) is 0 Å². The molecular formula is C18H25N3S. The van der Waals surface area contributed by atoms with Crippen molar-refractivity contribution < 1.29 is 0 Å². The van der Waals surface area contributed by atoms with Gasteiger partial charge in [0.25, 0.3) is 0 Å². The topological polar surface area (TPSA) is 50.1 Å². The van der Waals surface area contributed by atoms with Gasteiger partial charge in [-0.3, -0.25) is 0 Å². The average Bonchev–Trinajstić information content (AvgIpc) is 2.54. The quantitative estimate of drug-likeness (QED) is 0.591. The van der Waals surface area contributed by atoms with E-state index in [0.29, 0.717) is 5.75 Å². The molecule has 0 heterocycles. The molecule has 4 N–H and O–H groups in total. The summed E-state index contributed by atoms with van der Waals surface area (Å²) >= 11 is 4.20. The predicted octanol–water partition coefficient (Wildman–Crippen LogP) is 3.58. The summed E-state index contributed by atoms with van der Waals surface area (Å²) in [6.45, 7) is 5.82. The van der Waals surface area contributed by atoms with Gasteiger partial charge in [-0.1, -0.05) is 24.3 Å². The minimum absolute atomic E-state index is 0.0695. The van der Waals surface area contributed by atoms with Crippen LogP contribution in [0.3, 0.4) is 0 Å². The molecule has 0 saturated carbocycles. The molecule has 2 aromatic carbocycles. The van der Waals surface area contributed by atoms with Crippen molar-refractivity contribution >= 4 is 24.0 Å². The van der Waals surface area contributed by atoms with Crippen molar-refractivity contribution in [2.75, 3.05) is 22.9 Å². The molecule has 0 unspecified atom stereocenters. The average molecular weight is 315 g/mol. The van der Waals surface area contributed by atoms with Crippen molar-refractivity contribution in [1.82, 2.24) is 0 Å². The van der Waals surface area contributed by atoms with Gasteiger partial charge in [-0.25, -0.2) is 0 Å². The Morgan fingerprint density at radius 1 is 1.09 bits per heavy atom. The van der Waals surface area contributed by atoms with Crippen LogP contribution < -0.4 is 16.4 Å². The smallest absolute Gasteiger partial charge is 0.0401 e. The van der Waals surface area contributed by atoms with Gasteiger partial charge in [-0.2, -0.15) is 12.6 Å². The highest BCUT2D eigenvalue weighted by Crippen LogP contribution is 2.19. The summed E-state index contributed by atoms with van der Waals surface area (Å²) in [7, 11) is 0. The zero-order chi connectivity index (χ0) is 15.9. The number of aryl methyl sites for hydroxylation is 1. The Hall–Kier alpha value is -1.65. The lowest BCUT2D eigenvalue weighted by Gasteiger charge is -2.14. The van der Waals surface area contributed by atoms with E-state index in [9.17, 15) is 0 Å². The molecule has 0 aliphatic heterocycles. The first-order valence-corrected chi connectivity index (χ1v) is 8.22. The molecule has 0 aromatic heterocycles. The van der Waals surface area contributed by atoms with E-state index >= 15 is 0 Å². The first-order valence-electron chi connectivity index (χ1n) is 7.59. The third-order valence-corrected chi connectivity index (χ3v) is 4.29. The zero-order valence-electron chi connectivity index (χ0n) is 13.3.